The zero-order valence-electron chi connectivity index (χ0n) is 12.2. The molecular formula is C13H11IN3O5OsS. The number of hydrogen-bond acceptors (Lipinski definition) is 7. The molecule has 24 heavy (non-hydrogen) atoms. The number of halogens is 1. The molecule has 0 fully saturated rings. The third kappa shape index (κ3) is 5.88. The Labute approximate surface area is 165 Å². The van der Waals surface area contributed by atoms with Gasteiger partial charge in [-0.25, -0.2) is 9.78 Å². The summed E-state index contributed by atoms with van der Waals surface area (Å²) in [5, 5.41) is 3.34. The van der Waals surface area contributed by atoms with Crippen molar-refractivity contribution in [1.29, 1.82) is 0 Å². The minimum Gasteiger partial charge on any atom is -0.586 e. The Morgan fingerprint density at radius 2 is 2.12 bits per heavy atom. The maximum atomic E-state index is 12.3. The normalized spacial score (nSPS) is 9.54. The van der Waals surface area contributed by atoms with Crippen molar-refractivity contribution in [3.63, 3.8) is 0 Å². The monoisotopic (exact) mass is 640 g/mol. The number of benzene rings is 1. The number of amides is 1. The average Bonchev–Trinajstić information content (AvgIpc) is 2.95. The molecule has 2 rings (SSSR count). The maximum Gasteiger partial charge on any atom is 1.00 e. The predicted octanol–water partition coefficient (Wildman–Crippen LogP) is 4.16. The number of nitrogens with zero attached hydrogens (tertiary/aromatic N) is 2. The van der Waals surface area contributed by atoms with Crippen LogP contribution < -0.4 is 10.1 Å². The largest absolute Gasteiger partial charge is 1.00 e. The molecule has 0 saturated heterocycles. The quantitative estimate of drug-likeness (QED) is 0.289. The van der Waals surface area contributed by atoms with Gasteiger partial charge < -0.3 is 13.0 Å². The van der Waals surface area contributed by atoms with Gasteiger partial charge in [-0.15, -0.1) is 11.3 Å². The number of para-hydroxylation sites is 1. The molecule has 1 aromatic carbocycles. The van der Waals surface area contributed by atoms with Gasteiger partial charge in [0.2, 0.25) is 0 Å². The number of hydrogen-bond donors (Lipinski definition) is 1. The topological polar surface area (TPSA) is 109 Å². The third-order valence-electron chi connectivity index (χ3n) is 2.42. The summed E-state index contributed by atoms with van der Waals surface area (Å²) >= 11 is -0.388. The van der Waals surface area contributed by atoms with Crippen molar-refractivity contribution >= 4 is 55.0 Å². The van der Waals surface area contributed by atoms with Crippen LogP contribution in [0.5, 0.6) is 5.75 Å². The molecule has 0 saturated carbocycles. The molecule has 0 aliphatic rings. The van der Waals surface area contributed by atoms with E-state index in [1.807, 2.05) is 0 Å². The molecule has 129 valence electrons. The van der Waals surface area contributed by atoms with E-state index in [1.54, 1.807) is 19.1 Å². The number of ether oxygens (including phenoxy) is 2. The maximum absolute atomic E-state index is 12.3. The number of rotatable bonds is 6. The smallest absolute Gasteiger partial charge is 0.586 e. The van der Waals surface area contributed by atoms with Crippen LogP contribution in [0.1, 0.15) is 17.3 Å². The summed E-state index contributed by atoms with van der Waals surface area (Å²) < 4.78 is 24.0. The van der Waals surface area contributed by atoms with Crippen molar-refractivity contribution in [3.05, 3.63) is 39.6 Å². The summed E-state index contributed by atoms with van der Waals surface area (Å²) in [5.41, 5.74) is 0.158. The van der Waals surface area contributed by atoms with Gasteiger partial charge in [0.1, 0.15) is 5.75 Å². The molecule has 0 unspecified atom stereocenters. The van der Waals surface area contributed by atoms with Crippen LogP contribution in [0, 0.1) is 0 Å². The first-order chi connectivity index (χ1) is 11.1. The van der Waals surface area contributed by atoms with Crippen LogP contribution in [0.3, 0.4) is 0 Å². The molecule has 0 spiro atoms. The van der Waals surface area contributed by atoms with Gasteiger partial charge in [-0.3, -0.25) is 13.2 Å². The van der Waals surface area contributed by atoms with Crippen molar-refractivity contribution in [2.24, 2.45) is 0 Å². The molecule has 2 aromatic rings. The van der Waals surface area contributed by atoms with E-state index in [2.05, 4.69) is 18.6 Å². The molecule has 1 amide bonds. The fraction of sp³-hybridized carbons (Fsp3) is 0.154. The second-order valence-corrected chi connectivity index (χ2v) is 5.78. The zero-order chi connectivity index (χ0) is 16.7. The Bertz CT molecular complexity index is 727. The minimum absolute atomic E-state index is 0. The molecule has 1 aromatic heterocycles. The van der Waals surface area contributed by atoms with E-state index >= 15 is 0 Å². The molecular weight excluding hydrogens is 627 g/mol. The molecule has 1 radical (unpaired) electrons. The van der Waals surface area contributed by atoms with Crippen LogP contribution in [-0.2, 0) is 27.6 Å². The van der Waals surface area contributed by atoms with Gasteiger partial charge in [0.15, 0.2) is 5.13 Å². The van der Waals surface area contributed by atoms with Gasteiger partial charge in [-0.2, -0.15) is 0 Å². The van der Waals surface area contributed by atoms with Crippen LogP contribution in [-0.4, -0.2) is 23.7 Å². The Balaban J connectivity index is 0.00000288. The number of anilines is 1. The van der Waals surface area contributed by atoms with E-state index in [0.717, 1.165) is 11.3 Å². The summed E-state index contributed by atoms with van der Waals surface area (Å²) in [6.45, 7) is 1.82. The standard InChI is InChI=1S/C13H12IN3O5S.Os/c1-2-21-13(19)22-9-6-4-3-5-8(9)11(18)16-12-15-7-10(23-12)17-14-20;/h3-7H,2H2,1H3,(H2,15,16,17,18,20);/q;+1/p-1. The number of carbonyl (C=O) groups excluding carboxylic acids is 2. The first kappa shape index (κ1) is 20.6. The molecule has 0 atom stereocenters. The number of carbonyl (C=O) groups is 2. The van der Waals surface area contributed by atoms with E-state index in [1.165, 1.54) is 18.3 Å². The predicted molar refractivity (Wildman–Crippen MR) is 91.9 cm³/mol. The van der Waals surface area contributed by atoms with Gasteiger partial charge in [0, 0.05) is 6.20 Å². The molecule has 1 N–H and O–H groups in total. The van der Waals surface area contributed by atoms with E-state index < -0.39 is 33.5 Å². The van der Waals surface area contributed by atoms with Crippen molar-refractivity contribution in [2.45, 2.75) is 6.92 Å². The number of thiazole rings is 1. The van der Waals surface area contributed by atoms with Crippen LogP contribution in [0.25, 0.3) is 3.53 Å². The van der Waals surface area contributed by atoms with Crippen molar-refractivity contribution in [2.75, 3.05) is 11.9 Å². The SMILES string of the molecule is CCOC(=O)Oc1ccccc1C(=O)Nc1ncc([N-]I=O)s1.[Os+]. The summed E-state index contributed by atoms with van der Waals surface area (Å²) in [6, 6.07) is 6.25. The second kappa shape index (κ2) is 10.4. The summed E-state index contributed by atoms with van der Waals surface area (Å²) in [7, 11) is 0. The van der Waals surface area contributed by atoms with Gasteiger partial charge in [-0.05, 0) is 19.1 Å². The van der Waals surface area contributed by atoms with Gasteiger partial charge in [0.25, 0.3) is 5.91 Å². The Hall–Kier alpha value is -1.44. The second-order valence-electron chi connectivity index (χ2n) is 3.89. The number of nitrogens with one attached hydrogen (secondary N) is 1. The minimum atomic E-state index is -1.48. The van der Waals surface area contributed by atoms with Crippen LogP contribution >= 0.6 is 32.8 Å². The Kier molecular flexibility index (Phi) is 8.95. The third-order valence-corrected chi connectivity index (χ3v) is 4.27. The van der Waals surface area contributed by atoms with E-state index in [0.29, 0.717) is 10.1 Å². The van der Waals surface area contributed by atoms with Crippen molar-refractivity contribution in [3.8, 4) is 5.75 Å². The van der Waals surface area contributed by atoms with E-state index in [9.17, 15) is 12.7 Å². The first-order valence-corrected chi connectivity index (χ1v) is 8.98. The van der Waals surface area contributed by atoms with Gasteiger partial charge in [-0.1, -0.05) is 17.1 Å². The van der Waals surface area contributed by atoms with Crippen molar-refractivity contribution in [1.82, 2.24) is 4.98 Å². The van der Waals surface area contributed by atoms with Crippen LogP contribution in [0.15, 0.2) is 30.5 Å². The molecule has 8 nitrogen and oxygen atoms in total. The van der Waals surface area contributed by atoms with Gasteiger partial charge in [0.05, 0.1) is 33.6 Å². The molecule has 11 heteroatoms. The molecule has 1 heterocycles. The van der Waals surface area contributed by atoms with Gasteiger partial charge >= 0.3 is 25.9 Å². The van der Waals surface area contributed by atoms with Crippen LogP contribution in [0.2, 0.25) is 0 Å². The van der Waals surface area contributed by atoms with E-state index in [-0.39, 0.29) is 37.7 Å². The van der Waals surface area contributed by atoms with E-state index in [4.69, 9.17) is 4.74 Å². The Morgan fingerprint density at radius 3 is 2.83 bits per heavy atom. The molecule has 0 aliphatic carbocycles. The summed E-state index contributed by atoms with van der Waals surface area (Å²) in [4.78, 5) is 27.6. The fourth-order valence-corrected chi connectivity index (χ4v) is 2.93. The summed E-state index contributed by atoms with van der Waals surface area (Å²) in [6.07, 6.45) is 0.529. The summed E-state index contributed by atoms with van der Waals surface area (Å²) in [5.74, 6) is -0.419. The average molecular weight is 638 g/mol. The molecule has 0 aliphatic heterocycles. The van der Waals surface area contributed by atoms with Crippen molar-refractivity contribution < 1.29 is 41.9 Å². The number of aromatic nitrogens is 1. The Morgan fingerprint density at radius 1 is 1.38 bits per heavy atom. The zero-order valence-corrected chi connectivity index (χ0v) is 17.7. The molecule has 0 bridgehead atoms. The first-order valence-electron chi connectivity index (χ1n) is 6.32. The van der Waals surface area contributed by atoms with Crippen LogP contribution in [0.4, 0.5) is 14.9 Å². The fourth-order valence-electron chi connectivity index (χ4n) is 1.54.